The second kappa shape index (κ2) is 7.33. The van der Waals surface area contributed by atoms with E-state index in [9.17, 15) is 9.82 Å². The Morgan fingerprint density at radius 1 is 1.43 bits per heavy atom. The van der Waals surface area contributed by atoms with E-state index in [1.807, 2.05) is 32.1 Å². The summed E-state index contributed by atoms with van der Waals surface area (Å²) in [6.07, 6.45) is 5.47. The van der Waals surface area contributed by atoms with Gasteiger partial charge in [-0.25, -0.2) is 0 Å². The van der Waals surface area contributed by atoms with Gasteiger partial charge in [0.15, 0.2) is 5.82 Å². The maximum Gasteiger partial charge on any atom is 0.555 e. The molecule has 146 valence electrons. The van der Waals surface area contributed by atoms with Crippen molar-refractivity contribution in [3.05, 3.63) is 40.5 Å². The van der Waals surface area contributed by atoms with Crippen LogP contribution in [0.5, 0.6) is 5.75 Å². The van der Waals surface area contributed by atoms with Gasteiger partial charge in [-0.2, -0.15) is 5.10 Å². The van der Waals surface area contributed by atoms with Gasteiger partial charge in [0, 0.05) is 24.1 Å². The van der Waals surface area contributed by atoms with Crippen molar-refractivity contribution in [1.82, 2.24) is 9.78 Å². The molecule has 2 aromatic rings. The molecule has 1 aromatic carbocycles. The zero-order chi connectivity index (χ0) is 19.8. The van der Waals surface area contributed by atoms with Crippen LogP contribution in [0.4, 0.5) is 11.5 Å². The van der Waals surface area contributed by atoms with Crippen molar-refractivity contribution in [3.8, 4) is 5.75 Å². The van der Waals surface area contributed by atoms with Crippen molar-refractivity contribution in [2.24, 2.45) is 5.73 Å². The van der Waals surface area contributed by atoms with E-state index in [0.717, 1.165) is 41.7 Å². The van der Waals surface area contributed by atoms with Crippen LogP contribution in [0.1, 0.15) is 47.3 Å². The number of fused-ring (bicyclic) bond motifs is 1. The Morgan fingerprint density at radius 2 is 2.25 bits per heavy atom. The smallest absolute Gasteiger partial charge is 0.532 e. The first-order valence-corrected chi connectivity index (χ1v) is 9.33. The highest BCUT2D eigenvalue weighted by Gasteiger charge is 2.26. The summed E-state index contributed by atoms with van der Waals surface area (Å²) in [6.45, 7) is 5.03. The van der Waals surface area contributed by atoms with Gasteiger partial charge in [-0.1, -0.05) is 6.08 Å². The van der Waals surface area contributed by atoms with Gasteiger partial charge in [0.1, 0.15) is 11.3 Å². The van der Waals surface area contributed by atoms with Crippen LogP contribution in [0.2, 0.25) is 0 Å². The number of rotatable bonds is 4. The third-order valence-corrected chi connectivity index (χ3v) is 5.08. The number of carbonyl (C=O) groups is 1. The molecule has 1 saturated heterocycles. The van der Waals surface area contributed by atoms with Crippen LogP contribution in [-0.2, 0) is 4.74 Å². The van der Waals surface area contributed by atoms with E-state index in [2.05, 4.69) is 10.4 Å². The first-order valence-electron chi connectivity index (χ1n) is 9.33. The second-order valence-corrected chi connectivity index (χ2v) is 7.30. The van der Waals surface area contributed by atoms with Gasteiger partial charge in [-0.3, -0.25) is 9.48 Å². The lowest BCUT2D eigenvalue weighted by molar-refractivity contribution is 0.0550. The fraction of sp³-hybridized carbons (Fsp3) is 0.368. The number of carbonyl (C=O) groups excluding carboxylic acids is 1. The monoisotopic (exact) mass is 382 g/mol. The van der Waals surface area contributed by atoms with Crippen LogP contribution in [-0.4, -0.2) is 41.0 Å². The molecule has 1 fully saturated rings. The van der Waals surface area contributed by atoms with Crippen LogP contribution < -0.4 is 15.7 Å². The van der Waals surface area contributed by atoms with Crippen molar-refractivity contribution in [1.29, 1.82) is 0 Å². The number of aryl methyl sites for hydroxylation is 1. The molecule has 3 heterocycles. The van der Waals surface area contributed by atoms with Gasteiger partial charge in [-0.05, 0) is 49.9 Å². The third-order valence-electron chi connectivity index (χ3n) is 5.08. The summed E-state index contributed by atoms with van der Waals surface area (Å²) < 4.78 is 12.9. The molecule has 0 unspecified atom stereocenters. The summed E-state index contributed by atoms with van der Waals surface area (Å²) in [6, 6.07) is 3.87. The lowest BCUT2D eigenvalue weighted by atomic mass is 9.76. The quantitative estimate of drug-likeness (QED) is 0.699. The average Bonchev–Trinajstić information content (AvgIpc) is 3.08. The lowest BCUT2D eigenvalue weighted by Gasteiger charge is -2.22. The summed E-state index contributed by atoms with van der Waals surface area (Å²) in [5, 5.41) is 17.7. The number of nitrogens with two attached hydrogens (primary N) is 1. The minimum absolute atomic E-state index is 0.0909. The molecule has 8 nitrogen and oxygen atoms in total. The minimum Gasteiger partial charge on any atom is -0.532 e. The maximum atomic E-state index is 11.9. The van der Waals surface area contributed by atoms with Crippen LogP contribution in [0.25, 0.3) is 6.08 Å². The molecule has 0 aliphatic carbocycles. The Labute approximate surface area is 163 Å². The van der Waals surface area contributed by atoms with Gasteiger partial charge in [0.25, 0.3) is 5.91 Å². The molecule has 1 atom stereocenters. The number of aromatic nitrogens is 2. The maximum absolute atomic E-state index is 11.9. The highest BCUT2D eigenvalue weighted by Crippen LogP contribution is 2.35. The predicted octanol–water partition coefficient (Wildman–Crippen LogP) is 2.20. The zero-order valence-corrected chi connectivity index (χ0v) is 15.9. The standard InChI is InChI=1S/C19H23BN4O4/c1-11-6-14(8-13-7-12(2)20(26)28-17(11)13)22-19-16(18(21)25)9-24(23-19)15-4-3-5-27-10-15/h6-9,15,26H,3-5,10H2,1-2H3,(H2,21,25)(H,22,23)/t15-/m1/s1. The number of amides is 1. The van der Waals surface area contributed by atoms with E-state index in [1.165, 1.54) is 0 Å². The van der Waals surface area contributed by atoms with Gasteiger partial charge in [-0.15, -0.1) is 0 Å². The van der Waals surface area contributed by atoms with Crippen molar-refractivity contribution in [2.45, 2.75) is 32.7 Å². The first kappa shape index (κ1) is 18.6. The van der Waals surface area contributed by atoms with E-state index < -0.39 is 13.0 Å². The Balaban J connectivity index is 1.66. The predicted molar refractivity (Wildman–Crippen MR) is 107 cm³/mol. The van der Waals surface area contributed by atoms with E-state index in [0.29, 0.717) is 23.7 Å². The highest BCUT2D eigenvalue weighted by molar-refractivity contribution is 6.54. The number of hydrogen-bond acceptors (Lipinski definition) is 6. The number of benzene rings is 1. The minimum atomic E-state index is -0.931. The number of nitrogens with one attached hydrogen (secondary N) is 1. The summed E-state index contributed by atoms with van der Waals surface area (Å²) in [5.74, 6) is 0.515. The summed E-state index contributed by atoms with van der Waals surface area (Å²) >= 11 is 0. The molecular weight excluding hydrogens is 359 g/mol. The van der Waals surface area contributed by atoms with Crippen LogP contribution >= 0.6 is 0 Å². The summed E-state index contributed by atoms with van der Waals surface area (Å²) in [4.78, 5) is 11.9. The van der Waals surface area contributed by atoms with Crippen molar-refractivity contribution >= 4 is 30.6 Å². The van der Waals surface area contributed by atoms with E-state index in [4.69, 9.17) is 15.1 Å². The van der Waals surface area contributed by atoms with Crippen molar-refractivity contribution < 1.29 is 19.2 Å². The zero-order valence-electron chi connectivity index (χ0n) is 15.9. The Morgan fingerprint density at radius 3 is 2.96 bits per heavy atom. The first-order chi connectivity index (χ1) is 13.4. The van der Waals surface area contributed by atoms with Gasteiger partial charge < -0.3 is 25.5 Å². The van der Waals surface area contributed by atoms with Crippen molar-refractivity contribution in [3.63, 3.8) is 0 Å². The number of ether oxygens (including phenoxy) is 1. The van der Waals surface area contributed by atoms with Crippen LogP contribution in [0, 0.1) is 6.92 Å². The second-order valence-electron chi connectivity index (χ2n) is 7.30. The SMILES string of the molecule is CC1=Cc2cc(Nc3nn([C@@H]4CCCOC4)cc3C(N)=O)cc(C)c2OB1O. The topological polar surface area (TPSA) is 112 Å². The molecule has 0 saturated carbocycles. The lowest BCUT2D eigenvalue weighted by Crippen LogP contribution is -2.27. The average molecular weight is 382 g/mol. The molecule has 2 aliphatic heterocycles. The molecule has 0 radical (unpaired) electrons. The molecule has 1 amide bonds. The summed E-state index contributed by atoms with van der Waals surface area (Å²) in [7, 11) is -0.931. The molecule has 28 heavy (non-hydrogen) atoms. The highest BCUT2D eigenvalue weighted by atomic mass is 16.5. The molecule has 2 aliphatic rings. The van der Waals surface area contributed by atoms with Gasteiger partial charge in [0.2, 0.25) is 0 Å². The molecular formula is C19H23BN4O4. The number of primary amides is 1. The van der Waals surface area contributed by atoms with E-state index >= 15 is 0 Å². The Bertz CT molecular complexity index is 950. The third kappa shape index (κ3) is 3.50. The molecule has 1 aromatic heterocycles. The molecule has 4 N–H and O–H groups in total. The molecule has 4 rings (SSSR count). The Hall–Kier alpha value is -2.78. The fourth-order valence-corrected chi connectivity index (χ4v) is 3.58. The number of hydrogen-bond donors (Lipinski definition) is 3. The van der Waals surface area contributed by atoms with Crippen molar-refractivity contribution in [2.75, 3.05) is 18.5 Å². The number of nitrogens with zero attached hydrogens (tertiary/aromatic N) is 2. The number of allylic oxidation sites excluding steroid dienone is 1. The number of anilines is 2. The van der Waals surface area contributed by atoms with E-state index in [-0.39, 0.29) is 6.04 Å². The fourth-order valence-electron chi connectivity index (χ4n) is 3.58. The largest absolute Gasteiger partial charge is 0.555 e. The van der Waals surface area contributed by atoms with Gasteiger partial charge >= 0.3 is 7.12 Å². The van der Waals surface area contributed by atoms with E-state index in [1.54, 1.807) is 10.9 Å². The summed E-state index contributed by atoms with van der Waals surface area (Å²) in [5.41, 5.74) is 9.10. The van der Waals surface area contributed by atoms with Crippen LogP contribution in [0.3, 0.4) is 0 Å². The van der Waals surface area contributed by atoms with Crippen LogP contribution in [0.15, 0.2) is 23.8 Å². The Kier molecular flexibility index (Phi) is 4.86. The normalized spacial score (nSPS) is 18.9. The molecule has 9 heteroatoms. The van der Waals surface area contributed by atoms with Gasteiger partial charge in [0.05, 0.1) is 12.6 Å². The molecule has 0 spiro atoms. The molecule has 0 bridgehead atoms.